The predicted molar refractivity (Wildman–Crippen MR) is 145 cm³/mol. The van der Waals surface area contributed by atoms with Crippen molar-refractivity contribution >= 4 is 16.7 Å². The van der Waals surface area contributed by atoms with Crippen molar-refractivity contribution in [2.75, 3.05) is 32.0 Å². The number of nitrogens with two attached hydrogens (primary N) is 1. The summed E-state index contributed by atoms with van der Waals surface area (Å²) in [6.07, 6.45) is -2.83. The molecular formula is C28H36F3N3O5S. The zero-order valence-corrected chi connectivity index (χ0v) is 23.2. The summed E-state index contributed by atoms with van der Waals surface area (Å²) in [7, 11) is -1.06. The number of alkyl halides is 3. The molecule has 220 valence electrons. The van der Waals surface area contributed by atoms with Gasteiger partial charge in [0.25, 0.3) is 0 Å². The topological polar surface area (TPSA) is 114 Å². The van der Waals surface area contributed by atoms with E-state index in [9.17, 15) is 27.3 Å². The Morgan fingerprint density at radius 2 is 1.88 bits per heavy atom. The van der Waals surface area contributed by atoms with E-state index in [0.29, 0.717) is 18.8 Å². The van der Waals surface area contributed by atoms with Crippen LogP contribution in [0.25, 0.3) is 0 Å². The molecule has 2 aromatic carbocycles. The van der Waals surface area contributed by atoms with Gasteiger partial charge in [-0.25, -0.2) is 0 Å². The van der Waals surface area contributed by atoms with Crippen molar-refractivity contribution in [2.24, 2.45) is 5.73 Å². The summed E-state index contributed by atoms with van der Waals surface area (Å²) in [6, 6.07) is 9.78. The van der Waals surface area contributed by atoms with Gasteiger partial charge in [-0.2, -0.15) is 13.2 Å². The average Bonchev–Trinajstić information content (AvgIpc) is 2.94. The molecule has 2 aromatic rings. The number of primary amides is 1. The van der Waals surface area contributed by atoms with E-state index in [4.69, 9.17) is 15.2 Å². The molecule has 0 aliphatic carbocycles. The zero-order chi connectivity index (χ0) is 28.9. The van der Waals surface area contributed by atoms with E-state index >= 15 is 0 Å². The second-order valence-electron chi connectivity index (χ2n) is 10.2. The van der Waals surface area contributed by atoms with Crippen LogP contribution in [-0.4, -0.2) is 70.4 Å². The number of rotatable bonds is 11. The molecule has 2 heterocycles. The highest BCUT2D eigenvalue weighted by Gasteiger charge is 2.35. The summed E-state index contributed by atoms with van der Waals surface area (Å²) in [5, 5.41) is 14.0. The summed E-state index contributed by atoms with van der Waals surface area (Å²) < 4.78 is 62.3. The van der Waals surface area contributed by atoms with E-state index < -0.39 is 46.7 Å². The highest BCUT2D eigenvalue weighted by atomic mass is 32.2. The van der Waals surface area contributed by atoms with Gasteiger partial charge in [0.05, 0.1) is 16.4 Å². The molecule has 0 spiro atoms. The van der Waals surface area contributed by atoms with Gasteiger partial charge in [-0.1, -0.05) is 25.5 Å². The Morgan fingerprint density at radius 1 is 1.18 bits per heavy atom. The number of halogens is 3. The first-order chi connectivity index (χ1) is 19.1. The van der Waals surface area contributed by atoms with Crippen molar-refractivity contribution in [3.8, 4) is 11.5 Å². The summed E-state index contributed by atoms with van der Waals surface area (Å²) in [4.78, 5) is 15.1. The predicted octanol–water partition coefficient (Wildman–Crippen LogP) is 3.39. The van der Waals surface area contributed by atoms with E-state index in [-0.39, 0.29) is 30.7 Å². The molecule has 0 radical (unpaired) electrons. The number of benzene rings is 2. The minimum Gasteiger partial charge on any atom is -0.486 e. The second-order valence-corrected chi connectivity index (χ2v) is 11.8. The van der Waals surface area contributed by atoms with Crippen LogP contribution in [-0.2, 0) is 21.8 Å². The molecule has 0 bridgehead atoms. The number of nitrogens with zero attached hydrogens (tertiary/aromatic N) is 1. The molecule has 12 heteroatoms. The van der Waals surface area contributed by atoms with Gasteiger partial charge in [-0.15, -0.1) is 0 Å². The summed E-state index contributed by atoms with van der Waals surface area (Å²) in [5.41, 5.74) is 5.71. The highest BCUT2D eigenvalue weighted by Crippen LogP contribution is 2.38. The van der Waals surface area contributed by atoms with Crippen molar-refractivity contribution < 1.29 is 36.8 Å². The summed E-state index contributed by atoms with van der Waals surface area (Å²) in [5.74, 6) is 0.329. The first kappa shape index (κ1) is 30.3. The maximum absolute atomic E-state index is 12.9. The molecule has 1 amide bonds. The Bertz CT molecular complexity index is 1170. The lowest BCUT2D eigenvalue weighted by Crippen LogP contribution is -2.50. The Labute approximate surface area is 234 Å². The zero-order valence-electron chi connectivity index (χ0n) is 22.4. The Morgan fingerprint density at radius 3 is 2.50 bits per heavy atom. The van der Waals surface area contributed by atoms with Crippen LogP contribution in [0.5, 0.6) is 11.5 Å². The van der Waals surface area contributed by atoms with Crippen LogP contribution in [0, 0.1) is 0 Å². The Hall–Kier alpha value is -2.67. The number of fused-ring (bicyclic) bond motifs is 1. The molecule has 4 atom stereocenters. The molecule has 1 fully saturated rings. The third-order valence-electron chi connectivity index (χ3n) is 7.30. The van der Waals surface area contributed by atoms with Crippen LogP contribution < -0.4 is 20.5 Å². The van der Waals surface area contributed by atoms with E-state index in [1.54, 1.807) is 12.1 Å². The number of likely N-dealkylation sites (tertiary alicyclic amines) is 1. The van der Waals surface area contributed by atoms with Gasteiger partial charge in [-0.05, 0) is 55.2 Å². The van der Waals surface area contributed by atoms with Crippen molar-refractivity contribution in [3.63, 3.8) is 0 Å². The van der Waals surface area contributed by atoms with Crippen LogP contribution in [0.4, 0.5) is 13.2 Å². The van der Waals surface area contributed by atoms with Crippen molar-refractivity contribution in [3.05, 3.63) is 53.6 Å². The van der Waals surface area contributed by atoms with E-state index in [2.05, 4.69) is 12.2 Å². The van der Waals surface area contributed by atoms with Crippen molar-refractivity contribution in [1.82, 2.24) is 10.2 Å². The minimum absolute atomic E-state index is 0.00186. The largest absolute Gasteiger partial charge is 0.486 e. The number of nitrogens with one attached hydrogen (secondary N) is 1. The quantitative estimate of drug-likeness (QED) is 0.372. The fourth-order valence-electron chi connectivity index (χ4n) is 4.98. The molecular weight excluding hydrogens is 547 g/mol. The molecule has 2 aliphatic heterocycles. The van der Waals surface area contributed by atoms with E-state index in [1.165, 1.54) is 6.07 Å². The number of hydrogen-bond acceptors (Lipinski definition) is 7. The van der Waals surface area contributed by atoms with Crippen LogP contribution in [0.2, 0.25) is 0 Å². The summed E-state index contributed by atoms with van der Waals surface area (Å²) >= 11 is 0. The van der Waals surface area contributed by atoms with Crippen LogP contribution in [0.1, 0.15) is 49.8 Å². The van der Waals surface area contributed by atoms with Gasteiger partial charge in [-0.3, -0.25) is 13.9 Å². The van der Waals surface area contributed by atoms with Crippen molar-refractivity contribution in [2.45, 2.75) is 68.0 Å². The third kappa shape index (κ3) is 7.54. The van der Waals surface area contributed by atoms with Gasteiger partial charge < -0.3 is 25.6 Å². The fraction of sp³-hybridized carbons (Fsp3) is 0.536. The smallest absolute Gasteiger partial charge is 0.416 e. The molecule has 4 rings (SSSR count). The number of aliphatic hydroxyl groups is 1. The first-order valence-electron chi connectivity index (χ1n) is 13.5. The van der Waals surface area contributed by atoms with Gasteiger partial charge in [0.15, 0.2) is 17.6 Å². The van der Waals surface area contributed by atoms with Crippen LogP contribution >= 0.6 is 0 Å². The number of hydrogen-bond donors (Lipinski definition) is 3. The highest BCUT2D eigenvalue weighted by molar-refractivity contribution is 7.85. The summed E-state index contributed by atoms with van der Waals surface area (Å²) in [6.45, 7) is 3.43. The fourth-order valence-corrected chi connectivity index (χ4v) is 6.21. The molecule has 0 aromatic heterocycles. The lowest BCUT2D eigenvalue weighted by Gasteiger charge is -2.37. The Kier molecular flexibility index (Phi) is 10.1. The van der Waals surface area contributed by atoms with Crippen LogP contribution in [0.15, 0.2) is 47.4 Å². The SMILES string of the molecule is CCCCS(=O)c1ccc(C(C(N)=O)N2CCC(NCC(O)C3COc4cc(C(F)(F)F)ccc4O3)CC2)cc1. The van der Waals surface area contributed by atoms with Crippen LogP contribution in [0.3, 0.4) is 0 Å². The molecule has 2 aliphatic rings. The molecule has 8 nitrogen and oxygen atoms in total. The van der Waals surface area contributed by atoms with Gasteiger partial charge in [0.2, 0.25) is 5.91 Å². The lowest BCUT2D eigenvalue weighted by molar-refractivity contribution is -0.137. The Balaban J connectivity index is 1.26. The normalized spacial score (nSPS) is 20.6. The number of aliphatic hydroxyl groups excluding tert-OH is 1. The number of piperidine rings is 1. The number of ether oxygens (including phenoxy) is 2. The lowest BCUT2D eigenvalue weighted by atomic mass is 9.98. The molecule has 1 saturated heterocycles. The molecule has 4 N–H and O–H groups in total. The molecule has 0 saturated carbocycles. The standard InChI is InChI=1S/C28H36F3N3O5S/c1-2-3-14-40(37)21-7-4-18(5-8-21)26(27(32)36)34-12-10-20(11-13-34)33-16-22(35)25-17-38-24-15-19(28(29,30)31)6-9-23(24)39-25/h4-9,15,20,22,25-26,33,35H,2-3,10-14,16-17H2,1H3,(H2,32,36). The number of amides is 1. The van der Waals surface area contributed by atoms with E-state index in [0.717, 1.165) is 48.3 Å². The molecule has 40 heavy (non-hydrogen) atoms. The maximum Gasteiger partial charge on any atom is 0.416 e. The van der Waals surface area contributed by atoms with Gasteiger partial charge in [0, 0.05) is 36.3 Å². The number of carbonyl (C=O) groups excluding carboxylic acids is 1. The average molecular weight is 584 g/mol. The first-order valence-corrected chi connectivity index (χ1v) is 14.8. The molecule has 4 unspecified atom stereocenters. The second kappa shape index (κ2) is 13.3. The third-order valence-corrected chi connectivity index (χ3v) is 8.76. The van der Waals surface area contributed by atoms with Gasteiger partial charge in [0.1, 0.15) is 18.8 Å². The monoisotopic (exact) mass is 583 g/mol. The number of carbonyl (C=O) groups is 1. The van der Waals surface area contributed by atoms with E-state index in [1.807, 2.05) is 17.0 Å². The number of unbranched alkanes of at least 4 members (excludes halogenated alkanes) is 1. The van der Waals surface area contributed by atoms with Crippen molar-refractivity contribution in [1.29, 1.82) is 0 Å². The maximum atomic E-state index is 12.9. The van der Waals surface area contributed by atoms with Gasteiger partial charge >= 0.3 is 6.18 Å². The minimum atomic E-state index is -4.48.